The van der Waals surface area contributed by atoms with Crippen LogP contribution in [-0.2, 0) is 0 Å². The predicted octanol–water partition coefficient (Wildman–Crippen LogP) is 8.08. The van der Waals surface area contributed by atoms with E-state index in [1.165, 1.54) is 9.75 Å². The number of aromatic carboxylic acids is 2. The van der Waals surface area contributed by atoms with E-state index >= 15 is 0 Å². The van der Waals surface area contributed by atoms with E-state index in [4.69, 9.17) is 0 Å². The average molecular weight is 487 g/mol. The van der Waals surface area contributed by atoms with Crippen LogP contribution in [0.1, 0.15) is 40.2 Å². The van der Waals surface area contributed by atoms with Crippen LogP contribution in [0, 0.1) is 27.7 Å². The van der Waals surface area contributed by atoms with E-state index in [0.29, 0.717) is 0 Å². The molecule has 0 saturated carbocycles. The Bertz CT molecular complexity index is 1530. The van der Waals surface area contributed by atoms with Crippen molar-refractivity contribution in [2.75, 3.05) is 0 Å². The minimum absolute atomic E-state index is 0.226. The lowest BCUT2D eigenvalue weighted by molar-refractivity contribution is 0.0686. The van der Waals surface area contributed by atoms with Gasteiger partial charge in [-0.1, -0.05) is 12.1 Å². The van der Waals surface area contributed by atoms with E-state index in [2.05, 4.69) is 39.8 Å². The second kappa shape index (κ2) is 8.08. The molecule has 0 radical (unpaired) electrons. The quantitative estimate of drug-likeness (QED) is 0.252. The largest absolute Gasteiger partial charge is 0.478 e. The van der Waals surface area contributed by atoms with E-state index < -0.39 is 11.9 Å². The van der Waals surface area contributed by atoms with Crippen LogP contribution in [-0.4, -0.2) is 22.2 Å². The molecule has 5 aromatic rings. The van der Waals surface area contributed by atoms with Gasteiger partial charge in [0.05, 0.1) is 11.1 Å². The lowest BCUT2D eigenvalue weighted by Crippen LogP contribution is -2.00. The molecule has 0 aliphatic carbocycles. The zero-order chi connectivity index (χ0) is 24.3. The van der Waals surface area contributed by atoms with Crippen molar-refractivity contribution >= 4 is 56.2 Å². The van der Waals surface area contributed by atoms with Crippen LogP contribution in [0.2, 0.25) is 0 Å². The van der Waals surface area contributed by atoms with Gasteiger partial charge in [-0.2, -0.15) is 0 Å². The lowest BCUT2D eigenvalue weighted by atomic mass is 9.84. The number of carboxylic acids is 2. The standard InChI is InChI=1S/C28H22O4S2/c1-13-9-21(15(3)33-13)25-23-11-17(27(29)30)5-7-19(23)20-8-6-18(28(31)32)12-24(20)26(25)22-10-14(2)34-16(22)4/h5-12H,1-4H3,(H,29,30)(H,31,32). The number of thiophene rings is 2. The molecule has 0 spiro atoms. The number of benzene rings is 3. The van der Waals surface area contributed by atoms with E-state index in [0.717, 1.165) is 53.6 Å². The van der Waals surface area contributed by atoms with Crippen molar-refractivity contribution in [1.82, 2.24) is 0 Å². The SMILES string of the molecule is Cc1cc(-c2c(-c3cc(C)sc3C)c3cc(C(=O)O)ccc3c3ccc(C(=O)O)cc23)c(C)s1. The van der Waals surface area contributed by atoms with Crippen molar-refractivity contribution in [1.29, 1.82) is 0 Å². The van der Waals surface area contributed by atoms with Gasteiger partial charge >= 0.3 is 11.9 Å². The van der Waals surface area contributed by atoms with Crippen LogP contribution in [0.15, 0.2) is 48.5 Å². The van der Waals surface area contributed by atoms with Gasteiger partial charge in [-0.15, -0.1) is 22.7 Å². The number of rotatable bonds is 4. The molecule has 2 aromatic heterocycles. The Kier molecular flexibility index (Phi) is 5.30. The van der Waals surface area contributed by atoms with E-state index in [1.54, 1.807) is 46.9 Å². The highest BCUT2D eigenvalue weighted by Crippen LogP contribution is 2.49. The number of aryl methyl sites for hydroxylation is 4. The van der Waals surface area contributed by atoms with Crippen molar-refractivity contribution in [3.8, 4) is 22.3 Å². The highest BCUT2D eigenvalue weighted by molar-refractivity contribution is 7.12. The van der Waals surface area contributed by atoms with Crippen molar-refractivity contribution in [2.45, 2.75) is 27.7 Å². The first-order valence-corrected chi connectivity index (χ1v) is 12.4. The molecule has 5 rings (SSSR count). The average Bonchev–Trinajstić information content (AvgIpc) is 3.30. The fourth-order valence-corrected chi connectivity index (χ4v) is 6.69. The molecule has 3 aromatic carbocycles. The maximum atomic E-state index is 11.9. The van der Waals surface area contributed by atoms with Crippen molar-refractivity contribution < 1.29 is 19.8 Å². The molecule has 0 bridgehead atoms. The van der Waals surface area contributed by atoms with Gasteiger partial charge in [-0.05, 0) is 108 Å². The minimum Gasteiger partial charge on any atom is -0.478 e. The van der Waals surface area contributed by atoms with Gasteiger partial charge in [0.1, 0.15) is 0 Å². The van der Waals surface area contributed by atoms with Gasteiger partial charge < -0.3 is 10.2 Å². The summed E-state index contributed by atoms with van der Waals surface area (Å²) < 4.78 is 0. The van der Waals surface area contributed by atoms with Crippen molar-refractivity contribution in [3.63, 3.8) is 0 Å². The van der Waals surface area contributed by atoms with Gasteiger partial charge in [-0.3, -0.25) is 0 Å². The third kappa shape index (κ3) is 3.50. The summed E-state index contributed by atoms with van der Waals surface area (Å²) in [7, 11) is 0. The smallest absolute Gasteiger partial charge is 0.335 e. The monoisotopic (exact) mass is 486 g/mol. The first-order valence-electron chi connectivity index (χ1n) is 10.8. The Morgan fingerprint density at radius 1 is 0.588 bits per heavy atom. The summed E-state index contributed by atoms with van der Waals surface area (Å²) in [6, 6.07) is 14.7. The molecule has 0 saturated heterocycles. The van der Waals surface area contributed by atoms with Crippen LogP contribution in [0.4, 0.5) is 0 Å². The molecule has 2 heterocycles. The molecular weight excluding hydrogens is 464 g/mol. The van der Waals surface area contributed by atoms with Crippen molar-refractivity contribution in [3.05, 3.63) is 79.2 Å². The Labute approximate surface area is 204 Å². The third-order valence-electron chi connectivity index (χ3n) is 6.23. The second-order valence-electron chi connectivity index (χ2n) is 8.53. The van der Waals surface area contributed by atoms with E-state index in [-0.39, 0.29) is 11.1 Å². The van der Waals surface area contributed by atoms with Gasteiger partial charge in [0.2, 0.25) is 0 Å². The normalized spacial score (nSPS) is 11.4. The second-order valence-corrected chi connectivity index (χ2v) is 11.5. The van der Waals surface area contributed by atoms with Gasteiger partial charge in [-0.25, -0.2) is 9.59 Å². The number of hydrogen-bond acceptors (Lipinski definition) is 4. The van der Waals surface area contributed by atoms with Crippen molar-refractivity contribution in [2.24, 2.45) is 0 Å². The zero-order valence-corrected chi connectivity index (χ0v) is 20.8. The van der Waals surface area contributed by atoms with E-state index in [1.807, 2.05) is 12.1 Å². The first-order chi connectivity index (χ1) is 16.2. The fraction of sp³-hybridized carbons (Fsp3) is 0.143. The van der Waals surface area contributed by atoms with E-state index in [9.17, 15) is 19.8 Å². The third-order valence-corrected chi connectivity index (χ3v) is 8.16. The van der Waals surface area contributed by atoms with Crippen LogP contribution < -0.4 is 0 Å². The Hall–Kier alpha value is -3.48. The zero-order valence-electron chi connectivity index (χ0n) is 19.1. The predicted molar refractivity (Wildman–Crippen MR) is 141 cm³/mol. The number of carbonyl (C=O) groups is 2. The summed E-state index contributed by atoms with van der Waals surface area (Å²) in [6.07, 6.45) is 0. The Balaban J connectivity index is 2.10. The molecule has 0 aliphatic rings. The molecule has 2 N–H and O–H groups in total. The molecule has 34 heavy (non-hydrogen) atoms. The molecule has 170 valence electrons. The molecule has 0 aliphatic heterocycles. The molecule has 0 amide bonds. The van der Waals surface area contributed by atoms with Gasteiger partial charge in [0.25, 0.3) is 0 Å². The van der Waals surface area contributed by atoms with Gasteiger partial charge in [0, 0.05) is 19.5 Å². The van der Waals surface area contributed by atoms with Crippen LogP contribution in [0.3, 0.4) is 0 Å². The van der Waals surface area contributed by atoms with Crippen LogP contribution in [0.25, 0.3) is 43.8 Å². The highest BCUT2D eigenvalue weighted by atomic mass is 32.1. The first kappa shape index (κ1) is 22.3. The molecule has 0 unspecified atom stereocenters. The molecule has 0 fully saturated rings. The molecule has 0 atom stereocenters. The Morgan fingerprint density at radius 3 is 1.26 bits per heavy atom. The summed E-state index contributed by atoms with van der Waals surface area (Å²) in [5.41, 5.74) is 4.46. The number of fused-ring (bicyclic) bond motifs is 3. The number of hydrogen-bond donors (Lipinski definition) is 2. The Morgan fingerprint density at radius 2 is 0.971 bits per heavy atom. The minimum atomic E-state index is -0.975. The molecular formula is C28H22O4S2. The summed E-state index contributed by atoms with van der Waals surface area (Å²) in [6.45, 7) is 8.28. The fourth-order valence-electron chi connectivity index (χ4n) is 4.82. The van der Waals surface area contributed by atoms with Gasteiger partial charge in [0.15, 0.2) is 0 Å². The highest BCUT2D eigenvalue weighted by Gasteiger charge is 2.23. The molecule has 4 nitrogen and oxygen atoms in total. The van der Waals surface area contributed by atoms with Crippen LogP contribution >= 0.6 is 22.7 Å². The topological polar surface area (TPSA) is 74.6 Å². The van der Waals surface area contributed by atoms with Crippen LogP contribution in [0.5, 0.6) is 0 Å². The maximum absolute atomic E-state index is 11.9. The summed E-state index contributed by atoms with van der Waals surface area (Å²) >= 11 is 3.40. The lowest BCUT2D eigenvalue weighted by Gasteiger charge is -2.19. The summed E-state index contributed by atoms with van der Waals surface area (Å²) in [4.78, 5) is 28.4. The summed E-state index contributed by atoms with van der Waals surface area (Å²) in [5, 5.41) is 23.0. The number of carboxylic acid groups (broad SMARTS) is 2. The maximum Gasteiger partial charge on any atom is 0.335 e. The molecule has 6 heteroatoms. The summed E-state index contributed by atoms with van der Waals surface area (Å²) in [5.74, 6) is -1.95.